The topological polar surface area (TPSA) is 51.2 Å². The van der Waals surface area contributed by atoms with Crippen molar-refractivity contribution in [3.63, 3.8) is 0 Å². The van der Waals surface area contributed by atoms with Crippen molar-refractivity contribution >= 4 is 11.8 Å². The summed E-state index contributed by atoms with van der Waals surface area (Å²) in [6, 6.07) is 18.7. The molecule has 0 saturated carbocycles. The monoisotopic (exact) mass is 318 g/mol. The van der Waals surface area contributed by atoms with Crippen LogP contribution in [0.25, 0.3) is 11.3 Å². The van der Waals surface area contributed by atoms with Crippen molar-refractivity contribution in [2.24, 2.45) is 0 Å². The van der Waals surface area contributed by atoms with Crippen molar-refractivity contribution in [2.75, 3.05) is 5.32 Å². The van der Waals surface area contributed by atoms with Crippen LogP contribution < -0.4 is 10.1 Å². The number of nitrogens with one attached hydrogen (secondary N) is 1. The lowest BCUT2D eigenvalue weighted by Gasteiger charge is -2.10. The number of pyridine rings is 1. The van der Waals surface area contributed by atoms with E-state index in [-0.39, 0.29) is 0 Å². The second kappa shape index (κ2) is 6.96. The molecule has 3 rings (SSSR count). The third kappa shape index (κ3) is 3.79. The number of carbonyl (C=O) groups excluding carboxylic acids is 1. The van der Waals surface area contributed by atoms with E-state index in [1.165, 1.54) is 0 Å². The predicted octanol–water partition coefficient (Wildman–Crippen LogP) is 4.98. The highest BCUT2D eigenvalue weighted by molar-refractivity contribution is 5.87. The Morgan fingerprint density at radius 2 is 1.79 bits per heavy atom. The minimum Gasteiger partial charge on any atom is -0.410 e. The van der Waals surface area contributed by atoms with Crippen molar-refractivity contribution in [1.29, 1.82) is 0 Å². The normalized spacial score (nSPS) is 10.2. The Morgan fingerprint density at radius 3 is 2.54 bits per heavy atom. The third-order valence-electron chi connectivity index (χ3n) is 3.63. The first-order valence-electron chi connectivity index (χ1n) is 7.69. The van der Waals surface area contributed by atoms with Gasteiger partial charge in [-0.15, -0.1) is 0 Å². The van der Waals surface area contributed by atoms with Gasteiger partial charge in [0.05, 0.1) is 5.69 Å². The number of anilines is 1. The summed E-state index contributed by atoms with van der Waals surface area (Å²) >= 11 is 0. The SMILES string of the molecule is Cc1ccnc(-c2cc(NC(=O)Oc3ccccc3)ccc2C)c1. The molecule has 1 aromatic heterocycles. The molecule has 0 aliphatic rings. The van der Waals surface area contributed by atoms with Crippen LogP contribution >= 0.6 is 0 Å². The van der Waals surface area contributed by atoms with Crippen LogP contribution in [-0.2, 0) is 0 Å². The Bertz CT molecular complexity index is 861. The summed E-state index contributed by atoms with van der Waals surface area (Å²) in [5, 5.41) is 2.75. The highest BCUT2D eigenvalue weighted by Gasteiger charge is 2.09. The zero-order valence-corrected chi connectivity index (χ0v) is 13.6. The first-order chi connectivity index (χ1) is 11.6. The first-order valence-corrected chi connectivity index (χ1v) is 7.69. The van der Waals surface area contributed by atoms with Crippen molar-refractivity contribution in [1.82, 2.24) is 4.98 Å². The van der Waals surface area contributed by atoms with Gasteiger partial charge in [-0.1, -0.05) is 24.3 Å². The average Bonchev–Trinajstić information content (AvgIpc) is 2.57. The van der Waals surface area contributed by atoms with E-state index in [1.807, 2.05) is 62.4 Å². The Hall–Kier alpha value is -3.14. The third-order valence-corrected chi connectivity index (χ3v) is 3.63. The van der Waals surface area contributed by atoms with Crippen LogP contribution in [-0.4, -0.2) is 11.1 Å². The van der Waals surface area contributed by atoms with Gasteiger partial charge in [-0.05, 0) is 61.4 Å². The number of hydrogen-bond donors (Lipinski definition) is 1. The smallest absolute Gasteiger partial charge is 0.410 e. The second-order valence-electron chi connectivity index (χ2n) is 5.58. The van der Waals surface area contributed by atoms with Gasteiger partial charge in [0.2, 0.25) is 0 Å². The Labute approximate surface area is 141 Å². The van der Waals surface area contributed by atoms with Crippen LogP contribution in [0.1, 0.15) is 11.1 Å². The lowest BCUT2D eigenvalue weighted by molar-refractivity contribution is 0.215. The number of ether oxygens (including phenoxy) is 1. The number of carbonyl (C=O) groups is 1. The Balaban J connectivity index is 1.80. The molecule has 0 aliphatic heterocycles. The standard InChI is InChI=1S/C20H18N2O2/c1-14-10-11-21-19(12-14)18-13-16(9-8-15(18)2)22-20(23)24-17-6-4-3-5-7-17/h3-13H,1-2H3,(H,22,23). The zero-order valence-electron chi connectivity index (χ0n) is 13.6. The predicted molar refractivity (Wildman–Crippen MR) is 95.2 cm³/mol. The molecule has 0 spiro atoms. The molecule has 0 bridgehead atoms. The van der Waals surface area contributed by atoms with E-state index in [9.17, 15) is 4.79 Å². The molecule has 1 N–H and O–H groups in total. The van der Waals surface area contributed by atoms with E-state index in [1.54, 1.807) is 18.3 Å². The largest absolute Gasteiger partial charge is 0.417 e. The average molecular weight is 318 g/mol. The molecule has 1 amide bonds. The molecule has 4 nitrogen and oxygen atoms in total. The van der Waals surface area contributed by atoms with Gasteiger partial charge < -0.3 is 4.74 Å². The van der Waals surface area contributed by atoms with Crippen molar-refractivity contribution in [3.8, 4) is 17.0 Å². The first kappa shape index (κ1) is 15.7. The molecule has 2 aromatic carbocycles. The number of nitrogens with zero attached hydrogens (tertiary/aromatic N) is 1. The lowest BCUT2D eigenvalue weighted by atomic mass is 10.0. The van der Waals surface area contributed by atoms with Crippen LogP contribution in [0.15, 0.2) is 66.9 Å². The van der Waals surface area contributed by atoms with Gasteiger partial charge in [0.25, 0.3) is 0 Å². The molecule has 0 aliphatic carbocycles. The molecular weight excluding hydrogens is 300 g/mol. The summed E-state index contributed by atoms with van der Waals surface area (Å²) in [6.45, 7) is 4.05. The van der Waals surface area contributed by atoms with Gasteiger partial charge in [0.1, 0.15) is 5.75 Å². The summed E-state index contributed by atoms with van der Waals surface area (Å²) in [5.41, 5.74) is 4.76. The lowest BCUT2D eigenvalue weighted by Crippen LogP contribution is -2.16. The minimum atomic E-state index is -0.520. The number of amides is 1. The van der Waals surface area contributed by atoms with Crippen molar-refractivity contribution in [3.05, 3.63) is 78.0 Å². The van der Waals surface area contributed by atoms with Gasteiger partial charge in [-0.25, -0.2) is 4.79 Å². The molecule has 0 unspecified atom stereocenters. The van der Waals surface area contributed by atoms with E-state index in [0.29, 0.717) is 11.4 Å². The number of benzene rings is 2. The van der Waals surface area contributed by atoms with Crippen LogP contribution in [0.3, 0.4) is 0 Å². The number of aryl methyl sites for hydroxylation is 2. The van der Waals surface area contributed by atoms with Gasteiger partial charge in [0, 0.05) is 17.4 Å². The summed E-state index contributed by atoms with van der Waals surface area (Å²) in [5.74, 6) is 0.502. The maximum Gasteiger partial charge on any atom is 0.417 e. The fourth-order valence-corrected chi connectivity index (χ4v) is 2.40. The van der Waals surface area contributed by atoms with Crippen LogP contribution in [0.2, 0.25) is 0 Å². The van der Waals surface area contributed by atoms with Gasteiger partial charge in [-0.2, -0.15) is 0 Å². The van der Waals surface area contributed by atoms with Crippen LogP contribution in [0, 0.1) is 13.8 Å². The van der Waals surface area contributed by atoms with Crippen molar-refractivity contribution < 1.29 is 9.53 Å². The number of hydrogen-bond acceptors (Lipinski definition) is 3. The molecule has 0 atom stereocenters. The highest BCUT2D eigenvalue weighted by atomic mass is 16.6. The molecule has 0 saturated heterocycles. The Morgan fingerprint density at radius 1 is 1.00 bits per heavy atom. The molecule has 3 aromatic rings. The zero-order chi connectivity index (χ0) is 16.9. The van der Waals surface area contributed by atoms with Crippen molar-refractivity contribution in [2.45, 2.75) is 13.8 Å². The highest BCUT2D eigenvalue weighted by Crippen LogP contribution is 2.25. The summed E-state index contributed by atoms with van der Waals surface area (Å²) in [7, 11) is 0. The van der Waals surface area contributed by atoms with E-state index in [0.717, 1.165) is 22.4 Å². The number of aromatic nitrogens is 1. The van der Waals surface area contributed by atoms with E-state index >= 15 is 0 Å². The number of rotatable bonds is 3. The Kier molecular flexibility index (Phi) is 4.57. The molecule has 0 fully saturated rings. The fourth-order valence-electron chi connectivity index (χ4n) is 2.40. The van der Waals surface area contributed by atoms with E-state index in [4.69, 9.17) is 4.74 Å². The van der Waals surface area contributed by atoms with Crippen LogP contribution in [0.4, 0.5) is 10.5 Å². The summed E-state index contributed by atoms with van der Waals surface area (Å²) in [6.07, 6.45) is 1.27. The van der Waals surface area contributed by atoms with Gasteiger partial charge >= 0.3 is 6.09 Å². The molecule has 0 radical (unpaired) electrons. The summed E-state index contributed by atoms with van der Waals surface area (Å²) in [4.78, 5) is 16.4. The van der Waals surface area contributed by atoms with Crippen LogP contribution in [0.5, 0.6) is 5.75 Å². The van der Waals surface area contributed by atoms with E-state index < -0.39 is 6.09 Å². The molecular formula is C20H18N2O2. The van der Waals surface area contributed by atoms with E-state index in [2.05, 4.69) is 10.3 Å². The molecule has 1 heterocycles. The minimum absolute atomic E-state index is 0.502. The maximum absolute atomic E-state index is 12.0. The second-order valence-corrected chi connectivity index (χ2v) is 5.58. The van der Waals surface area contributed by atoms with Gasteiger partial charge in [-0.3, -0.25) is 10.3 Å². The molecule has 120 valence electrons. The molecule has 4 heteroatoms. The quantitative estimate of drug-likeness (QED) is 0.741. The number of para-hydroxylation sites is 1. The summed E-state index contributed by atoms with van der Waals surface area (Å²) < 4.78 is 5.25. The maximum atomic E-state index is 12.0. The molecule has 24 heavy (non-hydrogen) atoms. The van der Waals surface area contributed by atoms with Gasteiger partial charge in [0.15, 0.2) is 0 Å². The fraction of sp³-hybridized carbons (Fsp3) is 0.100.